The molecule has 0 saturated heterocycles. The highest BCUT2D eigenvalue weighted by Gasteiger charge is 2.40. The molecule has 3 aromatic rings. The van der Waals surface area contributed by atoms with Crippen LogP contribution in [-0.4, -0.2) is 31.8 Å². The average molecular weight is 305 g/mol. The van der Waals surface area contributed by atoms with E-state index in [1.165, 1.54) is 12.4 Å². The van der Waals surface area contributed by atoms with Crippen molar-refractivity contribution in [2.45, 2.75) is 13.8 Å². The fourth-order valence-corrected chi connectivity index (χ4v) is 2.71. The lowest BCUT2D eigenvalue weighted by Gasteiger charge is -2.13. The highest BCUT2D eigenvalue weighted by atomic mass is 16.2. The van der Waals surface area contributed by atoms with Gasteiger partial charge in [0.05, 0.1) is 0 Å². The topological polar surface area (TPSA) is 88.9 Å². The van der Waals surface area contributed by atoms with Crippen molar-refractivity contribution in [2.75, 3.05) is 4.90 Å². The van der Waals surface area contributed by atoms with E-state index < -0.39 is 11.8 Å². The van der Waals surface area contributed by atoms with E-state index in [1.54, 1.807) is 6.07 Å². The summed E-state index contributed by atoms with van der Waals surface area (Å²) in [4.78, 5) is 42.5. The van der Waals surface area contributed by atoms with Crippen molar-refractivity contribution in [3.63, 3.8) is 0 Å². The summed E-state index contributed by atoms with van der Waals surface area (Å²) in [5.41, 5.74) is 2.46. The summed E-state index contributed by atoms with van der Waals surface area (Å²) in [5, 5.41) is 0.882. The van der Waals surface area contributed by atoms with Gasteiger partial charge in [0.25, 0.3) is 11.8 Å². The highest BCUT2D eigenvalue weighted by molar-refractivity contribution is 6.32. The van der Waals surface area contributed by atoms with E-state index in [4.69, 9.17) is 0 Å². The number of carbonyl (C=O) groups is 2. The van der Waals surface area contributed by atoms with Crippen molar-refractivity contribution < 1.29 is 9.59 Å². The Balaban J connectivity index is 1.88. The lowest BCUT2D eigenvalue weighted by Crippen LogP contribution is -2.30. The third-order valence-electron chi connectivity index (χ3n) is 3.73. The number of anilines is 1. The quantitative estimate of drug-likeness (QED) is 0.637. The van der Waals surface area contributed by atoms with Gasteiger partial charge in [-0.05, 0) is 37.6 Å². The highest BCUT2D eigenvalue weighted by Crippen LogP contribution is 2.26. The molecule has 0 saturated carbocycles. The second-order valence-corrected chi connectivity index (χ2v) is 5.32. The van der Waals surface area contributed by atoms with E-state index in [2.05, 4.69) is 19.9 Å². The summed E-state index contributed by atoms with van der Waals surface area (Å²) in [5.74, 6) is -0.812. The minimum Gasteiger partial charge on any atom is -0.266 e. The molecule has 0 radical (unpaired) electrons. The zero-order chi connectivity index (χ0) is 16.1. The Morgan fingerprint density at radius 3 is 2.22 bits per heavy atom. The Kier molecular flexibility index (Phi) is 2.71. The van der Waals surface area contributed by atoms with Crippen LogP contribution in [-0.2, 0) is 0 Å². The predicted octanol–water partition coefficient (Wildman–Crippen LogP) is 1.84. The second kappa shape index (κ2) is 4.64. The van der Waals surface area contributed by atoms with E-state index in [1.807, 2.05) is 26.0 Å². The molecular formula is C16H11N5O2. The summed E-state index contributed by atoms with van der Waals surface area (Å²) in [7, 11) is 0. The van der Waals surface area contributed by atoms with Gasteiger partial charge in [-0.15, -0.1) is 0 Å². The number of hydrogen-bond acceptors (Lipinski definition) is 6. The Hall–Kier alpha value is -3.22. The van der Waals surface area contributed by atoms with Crippen LogP contribution >= 0.6 is 0 Å². The van der Waals surface area contributed by atoms with Crippen LogP contribution < -0.4 is 4.90 Å². The van der Waals surface area contributed by atoms with E-state index in [9.17, 15) is 9.59 Å². The molecule has 1 aliphatic rings. The first kappa shape index (κ1) is 13.4. The number of pyridine rings is 2. The molecule has 0 aromatic carbocycles. The summed E-state index contributed by atoms with van der Waals surface area (Å²) in [6, 6.07) is 5.40. The van der Waals surface area contributed by atoms with Crippen LogP contribution in [0.5, 0.6) is 0 Å². The van der Waals surface area contributed by atoms with Crippen molar-refractivity contribution in [1.82, 2.24) is 19.9 Å². The SMILES string of the molecule is Cc1cc(C)c2ccc(N3C(=O)c4nccnc4C3=O)nc2n1. The predicted molar refractivity (Wildman–Crippen MR) is 82.2 cm³/mol. The van der Waals surface area contributed by atoms with E-state index in [0.717, 1.165) is 21.5 Å². The van der Waals surface area contributed by atoms with Crippen molar-refractivity contribution in [1.29, 1.82) is 0 Å². The van der Waals surface area contributed by atoms with Crippen LogP contribution in [0.15, 0.2) is 30.6 Å². The molecule has 0 aliphatic carbocycles. The normalized spacial score (nSPS) is 13.7. The van der Waals surface area contributed by atoms with Crippen LogP contribution in [0.1, 0.15) is 32.2 Å². The molecule has 7 nitrogen and oxygen atoms in total. The Morgan fingerprint density at radius 2 is 1.57 bits per heavy atom. The minimum atomic E-state index is -0.519. The third-order valence-corrected chi connectivity index (χ3v) is 3.73. The molecule has 7 heteroatoms. The monoisotopic (exact) mass is 305 g/mol. The number of aryl methyl sites for hydroxylation is 2. The maximum atomic E-state index is 12.4. The average Bonchev–Trinajstić information content (AvgIpc) is 2.78. The molecule has 1 aliphatic heterocycles. The van der Waals surface area contributed by atoms with Crippen LogP contribution in [0.4, 0.5) is 5.82 Å². The van der Waals surface area contributed by atoms with E-state index in [0.29, 0.717) is 5.65 Å². The molecule has 23 heavy (non-hydrogen) atoms. The van der Waals surface area contributed by atoms with Crippen LogP contribution in [0.2, 0.25) is 0 Å². The second-order valence-electron chi connectivity index (χ2n) is 5.32. The van der Waals surface area contributed by atoms with E-state index >= 15 is 0 Å². The van der Waals surface area contributed by atoms with Gasteiger partial charge in [0.1, 0.15) is 5.82 Å². The molecular weight excluding hydrogens is 294 g/mol. The maximum Gasteiger partial charge on any atom is 0.287 e. The minimum absolute atomic E-state index is 0.0489. The standard InChI is InChI=1S/C16H11N5O2/c1-8-7-9(2)19-14-10(8)3-4-11(20-14)21-15(22)12-13(16(21)23)18-6-5-17-12/h3-7H,1-2H3. The first-order valence-corrected chi connectivity index (χ1v) is 7.01. The summed E-state index contributed by atoms with van der Waals surface area (Å²) in [6.45, 7) is 3.84. The Morgan fingerprint density at radius 1 is 0.913 bits per heavy atom. The Labute approximate surface area is 131 Å². The van der Waals surface area contributed by atoms with Gasteiger partial charge >= 0.3 is 0 Å². The van der Waals surface area contributed by atoms with Crippen molar-refractivity contribution in [2.24, 2.45) is 0 Å². The number of hydrogen-bond donors (Lipinski definition) is 0. The summed E-state index contributed by atoms with van der Waals surface area (Å²) in [6.07, 6.45) is 2.77. The fourth-order valence-electron chi connectivity index (χ4n) is 2.71. The van der Waals surface area contributed by atoms with Crippen LogP contribution in [0, 0.1) is 13.8 Å². The maximum absolute atomic E-state index is 12.4. The molecule has 4 rings (SSSR count). The van der Waals surface area contributed by atoms with Crippen molar-refractivity contribution >= 4 is 28.7 Å². The van der Waals surface area contributed by atoms with Gasteiger partial charge in [0.15, 0.2) is 17.0 Å². The molecule has 0 fully saturated rings. The molecule has 112 valence electrons. The van der Waals surface area contributed by atoms with Gasteiger partial charge < -0.3 is 0 Å². The molecule has 3 aromatic heterocycles. The van der Waals surface area contributed by atoms with E-state index in [-0.39, 0.29) is 17.2 Å². The van der Waals surface area contributed by atoms with Crippen molar-refractivity contribution in [3.05, 3.63) is 53.2 Å². The first-order valence-electron chi connectivity index (χ1n) is 7.01. The number of nitrogens with zero attached hydrogens (tertiary/aromatic N) is 5. The smallest absolute Gasteiger partial charge is 0.266 e. The van der Waals surface area contributed by atoms with Gasteiger partial charge in [-0.1, -0.05) is 0 Å². The van der Waals surface area contributed by atoms with Gasteiger partial charge in [0.2, 0.25) is 0 Å². The number of imide groups is 1. The number of carbonyl (C=O) groups excluding carboxylic acids is 2. The molecule has 4 heterocycles. The van der Waals surface area contributed by atoms with Crippen LogP contribution in [0.3, 0.4) is 0 Å². The van der Waals surface area contributed by atoms with Gasteiger partial charge in [-0.2, -0.15) is 0 Å². The number of aromatic nitrogens is 4. The summed E-state index contributed by atoms with van der Waals surface area (Å²) >= 11 is 0. The molecule has 2 amide bonds. The van der Waals surface area contributed by atoms with Gasteiger partial charge in [-0.3, -0.25) is 9.59 Å². The first-order chi connectivity index (χ1) is 11.1. The summed E-state index contributed by atoms with van der Waals surface area (Å²) < 4.78 is 0. The van der Waals surface area contributed by atoms with Crippen molar-refractivity contribution in [3.8, 4) is 0 Å². The molecule has 0 spiro atoms. The molecule has 0 N–H and O–H groups in total. The zero-order valence-corrected chi connectivity index (χ0v) is 12.4. The third kappa shape index (κ3) is 1.90. The number of amides is 2. The van der Waals surface area contributed by atoms with Crippen LogP contribution in [0.25, 0.3) is 11.0 Å². The molecule has 0 atom stereocenters. The number of fused-ring (bicyclic) bond motifs is 2. The Bertz CT molecular complexity index is 964. The lowest BCUT2D eigenvalue weighted by atomic mass is 10.1. The largest absolute Gasteiger partial charge is 0.287 e. The van der Waals surface area contributed by atoms with Gasteiger partial charge in [-0.25, -0.2) is 24.8 Å². The molecule has 0 bridgehead atoms. The lowest BCUT2D eigenvalue weighted by molar-refractivity contribution is 0.0922. The zero-order valence-electron chi connectivity index (χ0n) is 12.4. The molecule has 0 unspecified atom stereocenters. The fraction of sp³-hybridized carbons (Fsp3) is 0.125. The number of rotatable bonds is 1. The van der Waals surface area contributed by atoms with Gasteiger partial charge in [0, 0.05) is 23.5 Å².